The van der Waals surface area contributed by atoms with Crippen molar-refractivity contribution in [3.8, 4) is 5.75 Å². The summed E-state index contributed by atoms with van der Waals surface area (Å²) in [6.45, 7) is 0.532. The van der Waals surface area contributed by atoms with Crippen LogP contribution in [0.25, 0.3) is 10.9 Å². The number of nitrogens with zero attached hydrogens (tertiary/aromatic N) is 1. The van der Waals surface area contributed by atoms with Gasteiger partial charge in [-0.15, -0.1) is 0 Å². The number of carbonyl (C=O) groups is 2. The van der Waals surface area contributed by atoms with E-state index < -0.39 is 11.0 Å². The van der Waals surface area contributed by atoms with Crippen LogP contribution in [0.15, 0.2) is 48.7 Å². The van der Waals surface area contributed by atoms with E-state index in [4.69, 9.17) is 27.9 Å². The zero-order valence-corrected chi connectivity index (χ0v) is 14.3. The second-order valence-corrected chi connectivity index (χ2v) is 6.06. The van der Waals surface area contributed by atoms with Gasteiger partial charge in [-0.1, -0.05) is 23.7 Å². The summed E-state index contributed by atoms with van der Waals surface area (Å²) < 4.78 is 7.10. The van der Waals surface area contributed by atoms with E-state index in [1.54, 1.807) is 37.6 Å². The van der Waals surface area contributed by atoms with Crippen molar-refractivity contribution < 1.29 is 14.3 Å². The Kier molecular flexibility index (Phi) is 4.60. The molecule has 4 nitrogen and oxygen atoms in total. The second-order valence-electron chi connectivity index (χ2n) is 5.28. The fraction of sp³-hybridized carbons (Fsp3) is 0.111. The van der Waals surface area contributed by atoms with Crippen molar-refractivity contribution in [1.82, 2.24) is 4.57 Å². The molecule has 0 saturated heterocycles. The van der Waals surface area contributed by atoms with Crippen molar-refractivity contribution in [3.63, 3.8) is 0 Å². The first-order valence-electron chi connectivity index (χ1n) is 7.15. The maximum atomic E-state index is 12.1. The summed E-state index contributed by atoms with van der Waals surface area (Å²) in [5.41, 5.74) is 2.09. The Morgan fingerprint density at radius 2 is 1.83 bits per heavy atom. The van der Waals surface area contributed by atoms with Crippen LogP contribution in [0.2, 0.25) is 5.02 Å². The predicted octanol–water partition coefficient (Wildman–Crippen LogP) is 4.30. The average Bonchev–Trinajstić information content (AvgIpc) is 2.93. The summed E-state index contributed by atoms with van der Waals surface area (Å²) in [5, 5.41) is 0.273. The van der Waals surface area contributed by atoms with Crippen molar-refractivity contribution in [2.75, 3.05) is 7.11 Å². The van der Waals surface area contributed by atoms with Crippen LogP contribution < -0.4 is 4.74 Å². The number of aromatic nitrogens is 1. The van der Waals surface area contributed by atoms with Gasteiger partial charge in [-0.25, -0.2) is 0 Å². The first-order valence-corrected chi connectivity index (χ1v) is 7.90. The summed E-state index contributed by atoms with van der Waals surface area (Å²) in [6.07, 6.45) is 1.64. The lowest BCUT2D eigenvalue weighted by atomic mass is 10.1. The van der Waals surface area contributed by atoms with Crippen molar-refractivity contribution in [2.24, 2.45) is 0 Å². The van der Waals surface area contributed by atoms with E-state index in [9.17, 15) is 9.59 Å². The second kappa shape index (κ2) is 6.67. The van der Waals surface area contributed by atoms with Gasteiger partial charge >= 0.3 is 0 Å². The standard InChI is InChI=1S/C18H13Cl2NO3/c1-24-13-6-7-16-14(8-13)15(17(22)18(20)23)10-21(16)9-11-2-4-12(19)5-3-11/h2-8,10H,9H2,1H3. The minimum absolute atomic E-state index is 0.262. The van der Waals surface area contributed by atoms with Crippen LogP contribution in [0, 0.1) is 0 Å². The van der Waals surface area contributed by atoms with Crippen LogP contribution in [0.1, 0.15) is 15.9 Å². The molecule has 0 atom stereocenters. The van der Waals surface area contributed by atoms with Crippen molar-refractivity contribution in [1.29, 1.82) is 0 Å². The Bertz CT molecular complexity index is 929. The minimum Gasteiger partial charge on any atom is -0.497 e. The maximum Gasteiger partial charge on any atom is 0.293 e. The lowest BCUT2D eigenvalue weighted by Gasteiger charge is -2.06. The lowest BCUT2D eigenvalue weighted by Crippen LogP contribution is -2.06. The third-order valence-corrected chi connectivity index (χ3v) is 4.20. The number of hydrogen-bond acceptors (Lipinski definition) is 3. The number of ketones is 1. The van der Waals surface area contributed by atoms with Crippen LogP contribution in [-0.2, 0) is 11.3 Å². The summed E-state index contributed by atoms with van der Waals surface area (Å²) in [5.74, 6) is -0.132. The van der Waals surface area contributed by atoms with E-state index in [1.165, 1.54) is 0 Å². The number of rotatable bonds is 5. The lowest BCUT2D eigenvalue weighted by molar-refractivity contribution is -0.108. The van der Waals surface area contributed by atoms with Gasteiger partial charge in [0, 0.05) is 28.7 Å². The zero-order valence-electron chi connectivity index (χ0n) is 12.8. The topological polar surface area (TPSA) is 48.3 Å². The number of fused-ring (bicyclic) bond motifs is 1. The smallest absolute Gasteiger partial charge is 0.293 e. The third kappa shape index (κ3) is 3.16. The Morgan fingerprint density at radius 1 is 1.12 bits per heavy atom. The molecule has 3 aromatic rings. The van der Waals surface area contributed by atoms with Crippen LogP contribution in [0.5, 0.6) is 5.75 Å². The molecule has 0 bridgehead atoms. The number of methoxy groups -OCH3 is 1. The summed E-state index contributed by atoms with van der Waals surface area (Å²) in [4.78, 5) is 23.4. The fourth-order valence-electron chi connectivity index (χ4n) is 2.61. The van der Waals surface area contributed by atoms with E-state index in [2.05, 4.69) is 0 Å². The van der Waals surface area contributed by atoms with Crippen molar-refractivity contribution in [3.05, 3.63) is 64.8 Å². The molecule has 0 aliphatic rings. The highest BCUT2D eigenvalue weighted by atomic mass is 35.5. The molecule has 3 rings (SSSR count). The largest absolute Gasteiger partial charge is 0.497 e. The molecule has 0 aliphatic heterocycles. The Morgan fingerprint density at radius 3 is 2.46 bits per heavy atom. The third-order valence-electron chi connectivity index (χ3n) is 3.78. The molecule has 0 fully saturated rings. The van der Waals surface area contributed by atoms with Crippen molar-refractivity contribution >= 4 is 45.1 Å². The van der Waals surface area contributed by atoms with Crippen LogP contribution >= 0.6 is 23.2 Å². The molecule has 0 N–H and O–H groups in total. The van der Waals surface area contributed by atoms with Gasteiger partial charge < -0.3 is 9.30 Å². The molecule has 0 aliphatic carbocycles. The van der Waals surface area contributed by atoms with E-state index in [0.29, 0.717) is 22.7 Å². The normalized spacial score (nSPS) is 10.8. The summed E-state index contributed by atoms with van der Waals surface area (Å²) in [6, 6.07) is 12.8. The highest BCUT2D eigenvalue weighted by Gasteiger charge is 2.20. The van der Waals surface area contributed by atoms with Gasteiger partial charge in [0.15, 0.2) is 0 Å². The van der Waals surface area contributed by atoms with Crippen LogP contribution in [-0.4, -0.2) is 22.7 Å². The first-order chi connectivity index (χ1) is 11.5. The quantitative estimate of drug-likeness (QED) is 0.386. The monoisotopic (exact) mass is 361 g/mol. The molecule has 1 aromatic heterocycles. The van der Waals surface area contributed by atoms with Gasteiger partial charge in [-0.3, -0.25) is 9.59 Å². The SMILES string of the molecule is COc1ccc2c(c1)c(C(=O)C(=O)Cl)cn2Cc1ccc(Cl)cc1. The zero-order chi connectivity index (χ0) is 17.3. The van der Waals surface area contributed by atoms with Crippen LogP contribution in [0.4, 0.5) is 0 Å². The molecule has 0 amide bonds. The highest BCUT2D eigenvalue weighted by molar-refractivity contribution is 6.83. The van der Waals surface area contributed by atoms with Crippen molar-refractivity contribution in [2.45, 2.75) is 6.54 Å². The highest BCUT2D eigenvalue weighted by Crippen LogP contribution is 2.27. The van der Waals surface area contributed by atoms with Crippen LogP contribution in [0.3, 0.4) is 0 Å². The van der Waals surface area contributed by atoms with E-state index in [-0.39, 0.29) is 5.56 Å². The Balaban J connectivity index is 2.12. The fourth-order valence-corrected chi connectivity index (χ4v) is 2.84. The molecule has 0 radical (unpaired) electrons. The number of halogens is 2. The summed E-state index contributed by atoms with van der Waals surface area (Å²) >= 11 is 11.3. The van der Waals surface area contributed by atoms with E-state index in [0.717, 1.165) is 11.1 Å². The molecule has 122 valence electrons. The number of ether oxygens (including phenoxy) is 1. The van der Waals surface area contributed by atoms with Gasteiger partial charge in [-0.05, 0) is 47.5 Å². The summed E-state index contributed by atoms with van der Waals surface area (Å²) in [7, 11) is 1.54. The predicted molar refractivity (Wildman–Crippen MR) is 94.2 cm³/mol. The number of Topliss-reactive ketones (excluding diaryl/α,β-unsaturated/α-hetero) is 1. The van der Waals surface area contributed by atoms with Gasteiger partial charge in [0.1, 0.15) is 5.75 Å². The minimum atomic E-state index is -1.01. The Labute approximate surface area is 148 Å². The number of hydrogen-bond donors (Lipinski definition) is 0. The van der Waals surface area contributed by atoms with Gasteiger partial charge in [-0.2, -0.15) is 0 Å². The molecular formula is C18H13Cl2NO3. The maximum absolute atomic E-state index is 12.1. The molecule has 6 heteroatoms. The Hall–Kier alpha value is -2.30. The van der Waals surface area contributed by atoms with Gasteiger partial charge in [0.25, 0.3) is 5.24 Å². The molecule has 2 aromatic carbocycles. The van der Waals surface area contributed by atoms with Gasteiger partial charge in [0.2, 0.25) is 5.78 Å². The van der Waals surface area contributed by atoms with E-state index >= 15 is 0 Å². The molecule has 0 saturated carbocycles. The number of benzene rings is 2. The molecular weight excluding hydrogens is 349 g/mol. The van der Waals surface area contributed by atoms with Gasteiger partial charge in [0.05, 0.1) is 12.7 Å². The molecule has 1 heterocycles. The average molecular weight is 362 g/mol. The molecule has 0 unspecified atom stereocenters. The molecule has 24 heavy (non-hydrogen) atoms. The first kappa shape index (κ1) is 16.6. The number of carbonyl (C=O) groups excluding carboxylic acids is 2. The molecule has 0 spiro atoms. The van der Waals surface area contributed by atoms with E-state index in [1.807, 2.05) is 22.8 Å².